The van der Waals surface area contributed by atoms with Crippen molar-refractivity contribution < 1.29 is 4.79 Å². The van der Waals surface area contributed by atoms with Crippen molar-refractivity contribution in [3.8, 4) is 0 Å². The summed E-state index contributed by atoms with van der Waals surface area (Å²) < 4.78 is 0. The van der Waals surface area contributed by atoms with Crippen LogP contribution in [-0.2, 0) is 0 Å². The van der Waals surface area contributed by atoms with Gasteiger partial charge >= 0.3 is 0 Å². The Morgan fingerprint density at radius 1 is 1.16 bits per heavy atom. The third-order valence-corrected chi connectivity index (χ3v) is 5.99. The molecule has 1 N–H and O–H groups in total. The molecule has 1 unspecified atom stereocenters. The molecule has 2 bridgehead atoms. The van der Waals surface area contributed by atoms with E-state index in [9.17, 15) is 4.79 Å². The summed E-state index contributed by atoms with van der Waals surface area (Å²) in [5, 5.41) is 3.45. The van der Waals surface area contributed by atoms with Gasteiger partial charge in [0.2, 0.25) is 0 Å². The van der Waals surface area contributed by atoms with Gasteiger partial charge in [0.05, 0.1) is 5.56 Å². The molecule has 5 rings (SSSR count). The molecule has 4 aliphatic rings. The molecule has 6 nitrogen and oxygen atoms in total. The third kappa shape index (κ3) is 3.80. The van der Waals surface area contributed by atoms with Gasteiger partial charge in [-0.05, 0) is 30.9 Å². The SMILES string of the molecule is CC1CCN(C(=O)c2ccc(NCC3CN4CCN3CC4)nc2)CC1. The van der Waals surface area contributed by atoms with Gasteiger partial charge in [-0.1, -0.05) is 6.92 Å². The van der Waals surface area contributed by atoms with E-state index in [4.69, 9.17) is 0 Å². The number of fused-ring (bicyclic) bond motifs is 3. The molecular formula is C19H29N5O. The summed E-state index contributed by atoms with van der Waals surface area (Å²) in [6, 6.07) is 4.42. The van der Waals surface area contributed by atoms with Crippen LogP contribution in [0.2, 0.25) is 0 Å². The number of nitrogens with zero attached hydrogens (tertiary/aromatic N) is 4. The van der Waals surface area contributed by atoms with E-state index in [1.165, 1.54) is 26.2 Å². The Labute approximate surface area is 150 Å². The number of nitrogens with one attached hydrogen (secondary N) is 1. The minimum absolute atomic E-state index is 0.120. The summed E-state index contributed by atoms with van der Waals surface area (Å²) >= 11 is 0. The van der Waals surface area contributed by atoms with Crippen LogP contribution in [0.4, 0.5) is 5.82 Å². The van der Waals surface area contributed by atoms with Crippen LogP contribution < -0.4 is 5.32 Å². The third-order valence-electron chi connectivity index (χ3n) is 5.99. The number of carbonyl (C=O) groups excluding carboxylic acids is 1. The summed E-state index contributed by atoms with van der Waals surface area (Å²) in [5.74, 6) is 1.71. The normalized spacial score (nSPS) is 29.6. The first-order chi connectivity index (χ1) is 12.2. The van der Waals surface area contributed by atoms with Gasteiger partial charge in [0.25, 0.3) is 5.91 Å². The predicted molar refractivity (Wildman–Crippen MR) is 98.8 cm³/mol. The molecule has 25 heavy (non-hydrogen) atoms. The summed E-state index contributed by atoms with van der Waals surface area (Å²) in [7, 11) is 0. The number of hydrogen-bond donors (Lipinski definition) is 1. The van der Waals surface area contributed by atoms with Crippen molar-refractivity contribution in [1.29, 1.82) is 0 Å². The number of rotatable bonds is 4. The zero-order chi connectivity index (χ0) is 17.2. The molecule has 1 atom stereocenters. The van der Waals surface area contributed by atoms with Crippen molar-refractivity contribution in [2.45, 2.75) is 25.8 Å². The largest absolute Gasteiger partial charge is 0.368 e. The minimum atomic E-state index is 0.120. The van der Waals surface area contributed by atoms with E-state index in [2.05, 4.69) is 27.0 Å². The van der Waals surface area contributed by atoms with Crippen LogP contribution >= 0.6 is 0 Å². The van der Waals surface area contributed by atoms with Crippen LogP contribution in [-0.4, -0.2) is 84.0 Å². The fraction of sp³-hybridized carbons (Fsp3) is 0.684. The van der Waals surface area contributed by atoms with Gasteiger partial charge < -0.3 is 10.2 Å². The van der Waals surface area contributed by atoms with E-state index >= 15 is 0 Å². The molecule has 4 fully saturated rings. The van der Waals surface area contributed by atoms with Crippen LogP contribution in [0.3, 0.4) is 0 Å². The van der Waals surface area contributed by atoms with E-state index in [-0.39, 0.29) is 5.91 Å². The number of likely N-dealkylation sites (tertiary alicyclic amines) is 1. The van der Waals surface area contributed by atoms with Crippen molar-refractivity contribution in [1.82, 2.24) is 19.7 Å². The molecule has 0 spiro atoms. The monoisotopic (exact) mass is 343 g/mol. The zero-order valence-corrected chi connectivity index (χ0v) is 15.2. The maximum absolute atomic E-state index is 12.6. The van der Waals surface area contributed by atoms with Crippen LogP contribution in [0.1, 0.15) is 30.1 Å². The van der Waals surface area contributed by atoms with E-state index in [1.807, 2.05) is 17.0 Å². The Morgan fingerprint density at radius 3 is 2.52 bits per heavy atom. The first kappa shape index (κ1) is 16.8. The van der Waals surface area contributed by atoms with Crippen molar-refractivity contribution in [2.24, 2.45) is 5.92 Å². The molecule has 1 aromatic rings. The number of hydrogen-bond acceptors (Lipinski definition) is 5. The highest BCUT2D eigenvalue weighted by molar-refractivity contribution is 5.94. The summed E-state index contributed by atoms with van der Waals surface area (Å²) in [5.41, 5.74) is 0.701. The maximum Gasteiger partial charge on any atom is 0.255 e. The van der Waals surface area contributed by atoms with Crippen molar-refractivity contribution in [3.05, 3.63) is 23.9 Å². The van der Waals surface area contributed by atoms with Gasteiger partial charge in [0.15, 0.2) is 0 Å². The lowest BCUT2D eigenvalue weighted by molar-refractivity contribution is 0.0189. The van der Waals surface area contributed by atoms with E-state index in [0.29, 0.717) is 11.6 Å². The van der Waals surface area contributed by atoms with Crippen LogP contribution in [0.5, 0.6) is 0 Å². The van der Waals surface area contributed by atoms with E-state index < -0.39 is 0 Å². The van der Waals surface area contributed by atoms with Gasteiger partial charge in [-0.15, -0.1) is 0 Å². The molecule has 1 aromatic heterocycles. The lowest BCUT2D eigenvalue weighted by Gasteiger charge is -2.47. The Kier molecular flexibility index (Phi) is 4.90. The first-order valence-electron chi connectivity index (χ1n) is 9.64. The predicted octanol–water partition coefficient (Wildman–Crippen LogP) is 1.37. The second kappa shape index (κ2) is 7.30. The molecule has 5 heterocycles. The van der Waals surface area contributed by atoms with Crippen LogP contribution in [0.25, 0.3) is 0 Å². The van der Waals surface area contributed by atoms with Gasteiger partial charge in [0.1, 0.15) is 5.82 Å². The molecular weight excluding hydrogens is 314 g/mol. The van der Waals surface area contributed by atoms with Crippen LogP contribution in [0, 0.1) is 5.92 Å². The fourth-order valence-electron chi connectivity index (χ4n) is 4.16. The summed E-state index contributed by atoms with van der Waals surface area (Å²) in [6.07, 6.45) is 3.93. The highest BCUT2D eigenvalue weighted by Crippen LogP contribution is 2.19. The van der Waals surface area contributed by atoms with Crippen molar-refractivity contribution in [2.75, 3.05) is 57.7 Å². The lowest BCUT2D eigenvalue weighted by atomic mass is 9.99. The second-order valence-corrected chi connectivity index (χ2v) is 7.78. The summed E-state index contributed by atoms with van der Waals surface area (Å²) in [6.45, 7) is 10.8. The highest BCUT2D eigenvalue weighted by Gasteiger charge is 2.31. The minimum Gasteiger partial charge on any atom is -0.368 e. The summed E-state index contributed by atoms with van der Waals surface area (Å²) in [4.78, 5) is 24.1. The number of amides is 1. The van der Waals surface area contributed by atoms with Gasteiger partial charge in [-0.3, -0.25) is 14.6 Å². The Balaban J connectivity index is 1.30. The topological polar surface area (TPSA) is 51.7 Å². The standard InChI is InChI=1S/C19H29N5O/c1-15-4-6-24(7-5-15)19(25)16-2-3-18(20-12-16)21-13-17-14-22-8-10-23(17)11-9-22/h2-3,12,15,17H,4-11,13-14H2,1H3,(H,20,21). The van der Waals surface area contributed by atoms with Gasteiger partial charge in [0, 0.05) is 64.6 Å². The van der Waals surface area contributed by atoms with Crippen molar-refractivity contribution >= 4 is 11.7 Å². The molecule has 1 amide bonds. The average Bonchev–Trinajstić information content (AvgIpc) is 2.68. The number of piperazine rings is 3. The van der Waals surface area contributed by atoms with Gasteiger partial charge in [-0.2, -0.15) is 0 Å². The molecule has 4 aliphatic heterocycles. The Hall–Kier alpha value is -1.66. The van der Waals surface area contributed by atoms with Crippen molar-refractivity contribution in [3.63, 3.8) is 0 Å². The molecule has 0 aliphatic carbocycles. The molecule has 0 aromatic carbocycles. The number of pyridine rings is 1. The molecule has 136 valence electrons. The molecule has 6 heteroatoms. The first-order valence-corrected chi connectivity index (χ1v) is 9.64. The lowest BCUT2D eigenvalue weighted by Crippen LogP contribution is -2.62. The molecule has 0 radical (unpaired) electrons. The number of aromatic nitrogens is 1. The molecule has 0 saturated carbocycles. The highest BCUT2D eigenvalue weighted by atomic mass is 16.2. The van der Waals surface area contributed by atoms with E-state index in [0.717, 1.165) is 50.8 Å². The quantitative estimate of drug-likeness (QED) is 0.895. The Morgan fingerprint density at radius 2 is 1.92 bits per heavy atom. The average molecular weight is 343 g/mol. The van der Waals surface area contributed by atoms with E-state index in [1.54, 1.807) is 6.20 Å². The fourth-order valence-corrected chi connectivity index (χ4v) is 4.16. The number of piperidine rings is 1. The zero-order valence-electron chi connectivity index (χ0n) is 15.2. The second-order valence-electron chi connectivity index (χ2n) is 7.78. The Bertz CT molecular complexity index is 588. The maximum atomic E-state index is 12.6. The number of anilines is 1. The number of carbonyl (C=O) groups is 1. The van der Waals surface area contributed by atoms with Gasteiger partial charge in [-0.25, -0.2) is 4.98 Å². The van der Waals surface area contributed by atoms with Crippen LogP contribution in [0.15, 0.2) is 18.3 Å². The smallest absolute Gasteiger partial charge is 0.255 e. The molecule has 4 saturated heterocycles.